The van der Waals surface area contributed by atoms with Gasteiger partial charge in [0.15, 0.2) is 0 Å². The first kappa shape index (κ1) is 25.7. The average Bonchev–Trinajstić information content (AvgIpc) is 2.74. The monoisotopic (exact) mass is 579 g/mol. The molecule has 3 aromatic rings. The number of aryl methyl sites for hydroxylation is 3. The molecule has 6 nitrogen and oxygen atoms in total. The number of benzene rings is 2. The summed E-state index contributed by atoms with van der Waals surface area (Å²) in [5.74, 6) is -0.861. The van der Waals surface area contributed by atoms with Crippen molar-refractivity contribution >= 4 is 28.6 Å². The molecule has 1 atom stereocenters. The Bertz CT molecular complexity index is 1290. The van der Waals surface area contributed by atoms with Gasteiger partial charge in [-0.2, -0.15) is 0 Å². The molecule has 0 saturated heterocycles. The normalized spacial score (nSPS) is 12.0. The number of nitrogens with zero attached hydrogens (tertiary/aromatic N) is 1. The van der Waals surface area contributed by atoms with Crippen molar-refractivity contribution in [1.82, 2.24) is 4.57 Å². The van der Waals surface area contributed by atoms with Crippen LogP contribution in [-0.4, -0.2) is 22.8 Å². The van der Waals surface area contributed by atoms with Crippen molar-refractivity contribution in [2.75, 3.05) is 7.11 Å². The van der Waals surface area contributed by atoms with Crippen LogP contribution in [-0.2, 0) is 11.8 Å². The summed E-state index contributed by atoms with van der Waals surface area (Å²) in [5.41, 5.74) is 2.79. The zero-order chi connectivity index (χ0) is 25.3. The van der Waals surface area contributed by atoms with E-state index in [0.29, 0.717) is 48.6 Å². The van der Waals surface area contributed by atoms with Gasteiger partial charge in [-0.05, 0) is 83.3 Å². The summed E-state index contributed by atoms with van der Waals surface area (Å²) in [6, 6.07) is 7.99. The van der Waals surface area contributed by atoms with E-state index < -0.39 is 11.9 Å². The fourth-order valence-corrected chi connectivity index (χ4v) is 4.99. The standard InChI is InChI=1S/C26H27FINO5/c1-13(2)21(26(31)32)16-7-8-20(34-23-14(3)9-17(27)10-15(23)4)18(11-16)19-12-29(5)25(30)22(28)24(19)33-6/h7-13,21H,1-6H3,(H,31,32). The first-order valence-corrected chi connectivity index (χ1v) is 11.8. The van der Waals surface area contributed by atoms with Crippen LogP contribution in [0, 0.1) is 29.2 Å². The van der Waals surface area contributed by atoms with Gasteiger partial charge in [0.2, 0.25) is 0 Å². The molecule has 1 heterocycles. The lowest BCUT2D eigenvalue weighted by Crippen LogP contribution is -2.20. The maximum absolute atomic E-state index is 13.8. The quantitative estimate of drug-likeness (QED) is 0.346. The van der Waals surface area contributed by atoms with Gasteiger partial charge < -0.3 is 19.1 Å². The molecular weight excluding hydrogens is 552 g/mol. The van der Waals surface area contributed by atoms with Crippen LogP contribution in [0.4, 0.5) is 4.39 Å². The van der Waals surface area contributed by atoms with Crippen LogP contribution in [0.2, 0.25) is 0 Å². The molecule has 1 unspecified atom stereocenters. The Morgan fingerprint density at radius 2 is 1.71 bits per heavy atom. The second-order valence-corrected chi connectivity index (χ2v) is 9.67. The van der Waals surface area contributed by atoms with Gasteiger partial charge in [-0.15, -0.1) is 0 Å². The summed E-state index contributed by atoms with van der Waals surface area (Å²) in [4.78, 5) is 24.5. The molecule has 0 spiro atoms. The molecule has 180 valence electrons. The van der Waals surface area contributed by atoms with E-state index in [9.17, 15) is 19.1 Å². The first-order chi connectivity index (χ1) is 16.0. The predicted molar refractivity (Wildman–Crippen MR) is 138 cm³/mol. The molecule has 0 radical (unpaired) electrons. The maximum Gasteiger partial charge on any atom is 0.311 e. The summed E-state index contributed by atoms with van der Waals surface area (Å²) in [6.45, 7) is 7.22. The van der Waals surface area contributed by atoms with Crippen LogP contribution in [0.1, 0.15) is 36.5 Å². The number of hydrogen-bond acceptors (Lipinski definition) is 4. The summed E-state index contributed by atoms with van der Waals surface area (Å²) in [6.07, 6.45) is 1.64. The largest absolute Gasteiger partial charge is 0.495 e. The van der Waals surface area contributed by atoms with E-state index in [4.69, 9.17) is 9.47 Å². The van der Waals surface area contributed by atoms with Crippen molar-refractivity contribution in [2.24, 2.45) is 13.0 Å². The second-order valence-electron chi connectivity index (χ2n) is 8.59. The van der Waals surface area contributed by atoms with Crippen LogP contribution >= 0.6 is 22.6 Å². The fourth-order valence-electron chi connectivity index (χ4n) is 4.09. The first-order valence-electron chi connectivity index (χ1n) is 10.7. The highest BCUT2D eigenvalue weighted by atomic mass is 127. The number of hydrogen-bond donors (Lipinski definition) is 1. The zero-order valence-corrected chi connectivity index (χ0v) is 22.1. The third kappa shape index (κ3) is 4.96. The summed E-state index contributed by atoms with van der Waals surface area (Å²) in [5, 5.41) is 9.85. The minimum absolute atomic E-state index is 0.152. The molecule has 3 rings (SSSR count). The Hall–Kier alpha value is -2.88. The Kier molecular flexibility index (Phi) is 7.70. The molecular formula is C26H27FINO5. The van der Waals surface area contributed by atoms with Gasteiger partial charge in [0.25, 0.3) is 5.56 Å². The topological polar surface area (TPSA) is 77.8 Å². The van der Waals surface area contributed by atoms with Crippen molar-refractivity contribution in [3.05, 3.63) is 73.0 Å². The number of methoxy groups -OCH3 is 1. The highest BCUT2D eigenvalue weighted by Crippen LogP contribution is 2.42. The number of aliphatic carboxylic acids is 1. The van der Waals surface area contributed by atoms with Crippen molar-refractivity contribution in [3.63, 3.8) is 0 Å². The van der Waals surface area contributed by atoms with Crippen molar-refractivity contribution in [2.45, 2.75) is 33.6 Å². The number of halogens is 2. The van der Waals surface area contributed by atoms with Crippen LogP contribution in [0.5, 0.6) is 17.2 Å². The van der Waals surface area contributed by atoms with Crippen LogP contribution in [0.15, 0.2) is 41.3 Å². The van der Waals surface area contributed by atoms with E-state index in [1.165, 1.54) is 23.8 Å². The van der Waals surface area contributed by atoms with Crippen molar-refractivity contribution < 1.29 is 23.8 Å². The maximum atomic E-state index is 13.8. The number of carbonyl (C=O) groups is 1. The van der Waals surface area contributed by atoms with Gasteiger partial charge in [0.1, 0.15) is 26.6 Å². The zero-order valence-electron chi connectivity index (χ0n) is 19.9. The van der Waals surface area contributed by atoms with E-state index in [0.717, 1.165) is 0 Å². The average molecular weight is 579 g/mol. The minimum Gasteiger partial charge on any atom is -0.495 e. The van der Waals surface area contributed by atoms with E-state index in [2.05, 4.69) is 0 Å². The number of carboxylic acid groups (broad SMARTS) is 1. The van der Waals surface area contributed by atoms with E-state index in [1.54, 1.807) is 45.3 Å². The molecule has 0 amide bonds. The molecule has 0 aliphatic rings. The summed E-state index contributed by atoms with van der Waals surface area (Å²) >= 11 is 1.94. The number of pyridine rings is 1. The Morgan fingerprint density at radius 1 is 1.09 bits per heavy atom. The van der Waals surface area contributed by atoms with Crippen LogP contribution in [0.3, 0.4) is 0 Å². The second kappa shape index (κ2) is 10.2. The van der Waals surface area contributed by atoms with Gasteiger partial charge >= 0.3 is 5.97 Å². The molecule has 1 aromatic heterocycles. The third-order valence-corrected chi connectivity index (χ3v) is 6.65. The van der Waals surface area contributed by atoms with Crippen LogP contribution < -0.4 is 15.0 Å². The molecule has 0 saturated carbocycles. The number of carboxylic acids is 1. The Balaban J connectivity index is 2.33. The highest BCUT2D eigenvalue weighted by Gasteiger charge is 2.26. The fraction of sp³-hybridized carbons (Fsp3) is 0.308. The van der Waals surface area contributed by atoms with Gasteiger partial charge in [0, 0.05) is 24.4 Å². The lowest BCUT2D eigenvalue weighted by molar-refractivity contribution is -0.139. The molecule has 0 aliphatic carbocycles. The number of rotatable bonds is 7. The molecule has 34 heavy (non-hydrogen) atoms. The van der Waals surface area contributed by atoms with Gasteiger partial charge in [-0.1, -0.05) is 19.9 Å². The third-order valence-electron chi connectivity index (χ3n) is 5.70. The highest BCUT2D eigenvalue weighted by molar-refractivity contribution is 14.1. The molecule has 1 N–H and O–H groups in total. The summed E-state index contributed by atoms with van der Waals surface area (Å²) < 4.78 is 27.6. The smallest absolute Gasteiger partial charge is 0.311 e. The SMILES string of the molecule is COc1c(-c2cc(C(C(=O)O)C(C)C)ccc2Oc2c(C)cc(F)cc2C)cn(C)c(=O)c1I. The van der Waals surface area contributed by atoms with Gasteiger partial charge in [-0.3, -0.25) is 9.59 Å². The Labute approximate surface area is 211 Å². The molecule has 0 bridgehead atoms. The van der Waals surface area contributed by atoms with E-state index >= 15 is 0 Å². The van der Waals surface area contributed by atoms with Crippen molar-refractivity contribution in [1.29, 1.82) is 0 Å². The molecule has 2 aromatic carbocycles. The Morgan fingerprint density at radius 3 is 2.24 bits per heavy atom. The molecule has 0 aliphatic heterocycles. The number of ether oxygens (including phenoxy) is 2. The van der Waals surface area contributed by atoms with Gasteiger partial charge in [-0.25, -0.2) is 4.39 Å². The lowest BCUT2D eigenvalue weighted by atomic mass is 9.87. The molecule has 0 fully saturated rings. The van der Waals surface area contributed by atoms with Crippen LogP contribution in [0.25, 0.3) is 11.1 Å². The molecule has 8 heteroatoms. The predicted octanol–water partition coefficient (Wildman–Crippen LogP) is 6.04. The van der Waals surface area contributed by atoms with E-state index in [-0.39, 0.29) is 17.3 Å². The van der Waals surface area contributed by atoms with E-state index in [1.807, 2.05) is 36.4 Å². The van der Waals surface area contributed by atoms with Crippen molar-refractivity contribution in [3.8, 4) is 28.4 Å². The lowest BCUT2D eigenvalue weighted by Gasteiger charge is -2.21. The minimum atomic E-state index is -0.929. The number of aromatic nitrogens is 1. The van der Waals surface area contributed by atoms with Gasteiger partial charge in [0.05, 0.1) is 13.0 Å². The summed E-state index contributed by atoms with van der Waals surface area (Å²) in [7, 11) is 3.12.